The number of anilines is 1. The van der Waals surface area contributed by atoms with Crippen LogP contribution >= 0.6 is 15.9 Å². The van der Waals surface area contributed by atoms with E-state index in [-0.39, 0.29) is 24.9 Å². The van der Waals surface area contributed by atoms with E-state index in [0.717, 1.165) is 32.6 Å². The fourth-order valence-electron chi connectivity index (χ4n) is 3.99. The van der Waals surface area contributed by atoms with Crippen molar-refractivity contribution < 1.29 is 18.0 Å². The second kappa shape index (κ2) is 13.6. The predicted octanol–water partition coefficient (Wildman–Crippen LogP) is 4.77. The van der Waals surface area contributed by atoms with E-state index in [2.05, 4.69) is 21.2 Å². The van der Waals surface area contributed by atoms with Crippen LogP contribution < -0.4 is 9.62 Å². The molecule has 0 aliphatic carbocycles. The molecule has 2 amide bonds. The van der Waals surface area contributed by atoms with Gasteiger partial charge in [0.1, 0.15) is 12.6 Å². The van der Waals surface area contributed by atoms with E-state index in [1.54, 1.807) is 30.3 Å². The molecule has 3 rings (SSSR count). The Kier molecular flexibility index (Phi) is 10.5. The van der Waals surface area contributed by atoms with Gasteiger partial charge < -0.3 is 10.2 Å². The van der Waals surface area contributed by atoms with Crippen LogP contribution in [0.25, 0.3) is 0 Å². The number of hydrogen-bond acceptors (Lipinski definition) is 4. The lowest BCUT2D eigenvalue weighted by molar-refractivity contribution is -0.140. The maximum atomic E-state index is 14.0. The van der Waals surface area contributed by atoms with Gasteiger partial charge in [-0.05, 0) is 48.7 Å². The highest BCUT2D eigenvalue weighted by atomic mass is 79.9. The monoisotopic (exact) mass is 599 g/mol. The van der Waals surface area contributed by atoms with E-state index in [1.165, 1.54) is 4.90 Å². The summed E-state index contributed by atoms with van der Waals surface area (Å²) >= 11 is 3.43. The number of hydrogen-bond donors (Lipinski definition) is 1. The number of carbonyl (C=O) groups is 2. The van der Waals surface area contributed by atoms with Gasteiger partial charge in [-0.1, -0.05) is 83.5 Å². The maximum Gasteiger partial charge on any atom is 0.244 e. The first-order valence-electron chi connectivity index (χ1n) is 12.5. The zero-order valence-electron chi connectivity index (χ0n) is 21.9. The molecule has 0 unspecified atom stereocenters. The van der Waals surface area contributed by atoms with Gasteiger partial charge in [0.2, 0.25) is 21.8 Å². The molecule has 2 atom stereocenters. The molecule has 1 N–H and O–H groups in total. The third kappa shape index (κ3) is 8.43. The molecule has 202 valence electrons. The van der Waals surface area contributed by atoms with Crippen LogP contribution in [0, 0.1) is 0 Å². The van der Waals surface area contributed by atoms with Gasteiger partial charge in [-0.2, -0.15) is 0 Å². The Morgan fingerprint density at radius 2 is 1.47 bits per heavy atom. The van der Waals surface area contributed by atoms with Crippen LogP contribution in [0.3, 0.4) is 0 Å². The lowest BCUT2D eigenvalue weighted by Gasteiger charge is -2.34. The minimum Gasteiger partial charge on any atom is -0.352 e. The van der Waals surface area contributed by atoms with Gasteiger partial charge in [-0.3, -0.25) is 13.9 Å². The number of halogens is 1. The molecular formula is C29H34BrN3O4S. The summed E-state index contributed by atoms with van der Waals surface area (Å²) in [5, 5.41) is 3.02. The van der Waals surface area contributed by atoms with Crippen molar-refractivity contribution in [1.29, 1.82) is 0 Å². The highest BCUT2D eigenvalue weighted by Gasteiger charge is 2.33. The molecule has 0 saturated carbocycles. The third-order valence-corrected chi connectivity index (χ3v) is 7.93. The van der Waals surface area contributed by atoms with Gasteiger partial charge in [0.05, 0.1) is 11.9 Å². The second-order valence-corrected chi connectivity index (χ2v) is 12.1. The fourth-order valence-corrected chi connectivity index (χ4v) is 5.10. The summed E-state index contributed by atoms with van der Waals surface area (Å²) in [5.41, 5.74) is 2.10. The molecular weight excluding hydrogens is 566 g/mol. The highest BCUT2D eigenvalue weighted by Crippen LogP contribution is 2.21. The third-order valence-electron chi connectivity index (χ3n) is 6.26. The van der Waals surface area contributed by atoms with E-state index in [4.69, 9.17) is 0 Å². The predicted molar refractivity (Wildman–Crippen MR) is 155 cm³/mol. The van der Waals surface area contributed by atoms with Crippen molar-refractivity contribution in [2.24, 2.45) is 0 Å². The van der Waals surface area contributed by atoms with Crippen molar-refractivity contribution in [3.8, 4) is 0 Å². The normalized spacial score (nSPS) is 12.8. The van der Waals surface area contributed by atoms with Crippen LogP contribution in [0.2, 0.25) is 0 Å². The molecule has 0 aliphatic rings. The topological polar surface area (TPSA) is 86.8 Å². The van der Waals surface area contributed by atoms with Crippen LogP contribution in [0.1, 0.15) is 31.4 Å². The summed E-state index contributed by atoms with van der Waals surface area (Å²) in [6, 6.07) is 24.6. The molecule has 7 nitrogen and oxygen atoms in total. The first kappa shape index (κ1) is 29.4. The highest BCUT2D eigenvalue weighted by molar-refractivity contribution is 9.10. The Hall–Kier alpha value is -3.17. The van der Waals surface area contributed by atoms with Gasteiger partial charge in [-0.25, -0.2) is 8.42 Å². The fraction of sp³-hybridized carbons (Fsp3) is 0.310. The van der Waals surface area contributed by atoms with Gasteiger partial charge in [0.15, 0.2) is 0 Å². The maximum absolute atomic E-state index is 14.0. The van der Waals surface area contributed by atoms with Crippen molar-refractivity contribution in [3.05, 3.63) is 101 Å². The first-order chi connectivity index (χ1) is 18.1. The molecule has 0 fully saturated rings. The summed E-state index contributed by atoms with van der Waals surface area (Å²) in [5.74, 6) is -0.748. The molecule has 0 aromatic heterocycles. The van der Waals surface area contributed by atoms with Gasteiger partial charge in [0, 0.05) is 23.5 Å². The summed E-state index contributed by atoms with van der Waals surface area (Å²) in [7, 11) is -3.77. The average molecular weight is 601 g/mol. The minimum atomic E-state index is -3.77. The van der Waals surface area contributed by atoms with Crippen molar-refractivity contribution in [2.75, 3.05) is 17.1 Å². The molecule has 0 radical (unpaired) electrons. The zero-order chi connectivity index (χ0) is 27.7. The Balaban J connectivity index is 2.03. The first-order valence-corrected chi connectivity index (χ1v) is 15.1. The van der Waals surface area contributed by atoms with Crippen molar-refractivity contribution in [3.63, 3.8) is 0 Å². The molecule has 0 spiro atoms. The SMILES string of the molecule is CC[C@@H](C)NC(=O)[C@@H](Cc1ccccc1)N(Cc1ccc(Br)cc1)C(=O)CN(c1ccccc1)S(C)(=O)=O. The number of nitrogens with zero attached hydrogens (tertiary/aromatic N) is 2. The van der Waals surface area contributed by atoms with Crippen molar-refractivity contribution >= 4 is 43.5 Å². The molecule has 0 aliphatic heterocycles. The molecule has 9 heteroatoms. The Labute approximate surface area is 234 Å². The lowest BCUT2D eigenvalue weighted by atomic mass is 10.0. The van der Waals surface area contributed by atoms with Crippen LogP contribution in [0.4, 0.5) is 5.69 Å². The van der Waals surface area contributed by atoms with Crippen molar-refractivity contribution in [2.45, 2.75) is 45.3 Å². The molecule has 0 heterocycles. The van der Waals surface area contributed by atoms with Crippen molar-refractivity contribution in [1.82, 2.24) is 10.2 Å². The summed E-state index contributed by atoms with van der Waals surface area (Å²) in [6.07, 6.45) is 2.10. The van der Waals surface area contributed by atoms with E-state index >= 15 is 0 Å². The van der Waals surface area contributed by atoms with Crippen LogP contribution in [-0.2, 0) is 32.6 Å². The number of amides is 2. The number of carbonyl (C=O) groups excluding carboxylic acids is 2. The Morgan fingerprint density at radius 1 is 0.895 bits per heavy atom. The summed E-state index contributed by atoms with van der Waals surface area (Å²) in [6.45, 7) is 3.61. The number of sulfonamides is 1. The van der Waals surface area contributed by atoms with Gasteiger partial charge in [0.25, 0.3) is 0 Å². The lowest BCUT2D eigenvalue weighted by Crippen LogP contribution is -2.54. The van der Waals surface area contributed by atoms with Crippen LogP contribution in [0.5, 0.6) is 0 Å². The van der Waals surface area contributed by atoms with Gasteiger partial charge in [-0.15, -0.1) is 0 Å². The second-order valence-electron chi connectivity index (χ2n) is 9.28. The number of para-hydroxylation sites is 1. The summed E-state index contributed by atoms with van der Waals surface area (Å²) in [4.78, 5) is 29.1. The smallest absolute Gasteiger partial charge is 0.244 e. The molecule has 38 heavy (non-hydrogen) atoms. The van der Waals surface area contributed by atoms with Crippen LogP contribution in [-0.4, -0.2) is 50.0 Å². The largest absolute Gasteiger partial charge is 0.352 e. The van der Waals surface area contributed by atoms with E-state index in [9.17, 15) is 18.0 Å². The number of rotatable bonds is 12. The quantitative estimate of drug-likeness (QED) is 0.325. The minimum absolute atomic E-state index is 0.0813. The average Bonchev–Trinajstić information content (AvgIpc) is 2.90. The van der Waals surface area contributed by atoms with E-state index in [0.29, 0.717) is 5.69 Å². The number of benzene rings is 3. The van der Waals surface area contributed by atoms with Crippen LogP contribution in [0.15, 0.2) is 89.4 Å². The zero-order valence-corrected chi connectivity index (χ0v) is 24.3. The molecule has 3 aromatic rings. The summed E-state index contributed by atoms with van der Waals surface area (Å²) < 4.78 is 27.4. The number of nitrogens with one attached hydrogen (secondary N) is 1. The Bertz CT molecular complexity index is 1300. The van der Waals surface area contributed by atoms with E-state index in [1.807, 2.05) is 68.4 Å². The molecule has 0 saturated heterocycles. The van der Waals surface area contributed by atoms with E-state index < -0.39 is 28.5 Å². The molecule has 0 bridgehead atoms. The van der Waals surface area contributed by atoms with Gasteiger partial charge >= 0.3 is 0 Å². The standard InChI is InChI=1S/C29H34BrN3O4S/c1-4-22(2)31-29(35)27(19-23-11-7-5-8-12-23)32(20-24-15-17-25(30)18-16-24)28(34)21-33(38(3,36)37)26-13-9-6-10-14-26/h5-18,22,27H,4,19-21H2,1-3H3,(H,31,35)/t22-,27-/m1/s1. The Morgan fingerprint density at radius 3 is 2.03 bits per heavy atom. The molecule has 3 aromatic carbocycles.